The molecule has 2 amide bonds. The van der Waals surface area contributed by atoms with Crippen LogP contribution in [-0.2, 0) is 6.42 Å². The molecule has 3 rings (SSSR count). The first-order chi connectivity index (χ1) is 10.1. The first kappa shape index (κ1) is 14.5. The van der Waals surface area contributed by atoms with E-state index in [2.05, 4.69) is 22.5 Å². The second kappa shape index (κ2) is 6.15. The second-order valence-corrected chi connectivity index (χ2v) is 7.47. The van der Waals surface area contributed by atoms with E-state index in [1.54, 1.807) is 22.7 Å². The third kappa shape index (κ3) is 3.27. The van der Waals surface area contributed by atoms with Crippen LogP contribution in [0, 0.1) is 13.8 Å². The average Bonchev–Trinajstić information content (AvgIpc) is 3.02. The zero-order valence-electron chi connectivity index (χ0n) is 12.2. The number of fused-ring (bicyclic) bond motifs is 1. The number of amides is 2. The molecule has 0 saturated carbocycles. The lowest BCUT2D eigenvalue weighted by Gasteiger charge is -2.21. The lowest BCUT2D eigenvalue weighted by Crippen LogP contribution is -2.33. The van der Waals surface area contributed by atoms with Gasteiger partial charge in [-0.2, -0.15) is 0 Å². The molecule has 21 heavy (non-hydrogen) atoms. The SMILES string of the molecule is Cc1nc2c(s1)CCC[C@H]2CNC(=O)Nc1cscc1C. The molecule has 2 aromatic rings. The fraction of sp³-hybridized carbons (Fsp3) is 0.467. The number of carbonyl (C=O) groups excluding carboxylic acids is 1. The predicted octanol–water partition coefficient (Wildman–Crippen LogP) is 4.06. The van der Waals surface area contributed by atoms with Crippen molar-refractivity contribution < 1.29 is 4.79 Å². The van der Waals surface area contributed by atoms with Crippen molar-refractivity contribution in [2.24, 2.45) is 0 Å². The number of nitrogens with one attached hydrogen (secondary N) is 2. The lowest BCUT2D eigenvalue weighted by molar-refractivity contribution is 0.251. The normalized spacial score (nSPS) is 17.3. The minimum absolute atomic E-state index is 0.129. The third-order valence-corrected chi connectivity index (χ3v) is 5.70. The molecule has 4 nitrogen and oxygen atoms in total. The van der Waals surface area contributed by atoms with Gasteiger partial charge in [0.25, 0.3) is 0 Å². The lowest BCUT2D eigenvalue weighted by atomic mass is 9.91. The highest BCUT2D eigenvalue weighted by atomic mass is 32.1. The van der Waals surface area contributed by atoms with Gasteiger partial charge in [0.15, 0.2) is 0 Å². The van der Waals surface area contributed by atoms with Gasteiger partial charge in [0, 0.05) is 22.7 Å². The summed E-state index contributed by atoms with van der Waals surface area (Å²) in [5.41, 5.74) is 3.20. The Bertz CT molecular complexity index is 647. The van der Waals surface area contributed by atoms with Crippen LogP contribution < -0.4 is 10.6 Å². The van der Waals surface area contributed by atoms with Gasteiger partial charge in [0.1, 0.15) is 0 Å². The van der Waals surface area contributed by atoms with Gasteiger partial charge < -0.3 is 10.6 Å². The van der Waals surface area contributed by atoms with E-state index in [1.807, 2.05) is 17.7 Å². The standard InChI is InChI=1S/C15H19N3OS2/c1-9-7-20-8-12(9)18-15(19)16-6-11-4-3-5-13-14(11)17-10(2)21-13/h7-8,11H,3-6H2,1-2H3,(H2,16,18,19)/t11-/m0/s1. The van der Waals surface area contributed by atoms with E-state index >= 15 is 0 Å². The molecule has 0 spiro atoms. The van der Waals surface area contributed by atoms with E-state index in [1.165, 1.54) is 17.0 Å². The topological polar surface area (TPSA) is 54.0 Å². The molecule has 0 aliphatic heterocycles. The molecular weight excluding hydrogens is 302 g/mol. The molecule has 2 heterocycles. The summed E-state index contributed by atoms with van der Waals surface area (Å²) in [6, 6.07) is -0.129. The number of aromatic nitrogens is 1. The summed E-state index contributed by atoms with van der Waals surface area (Å²) in [4.78, 5) is 18.0. The third-order valence-electron chi connectivity index (χ3n) is 3.79. The molecule has 0 saturated heterocycles. The van der Waals surface area contributed by atoms with Crippen molar-refractivity contribution in [2.75, 3.05) is 11.9 Å². The molecule has 2 N–H and O–H groups in total. The van der Waals surface area contributed by atoms with Crippen LogP contribution in [0.5, 0.6) is 0 Å². The fourth-order valence-corrected chi connectivity index (χ4v) is 4.54. The van der Waals surface area contributed by atoms with Crippen LogP contribution in [0.25, 0.3) is 0 Å². The Labute approximate surface area is 132 Å². The molecule has 0 radical (unpaired) electrons. The highest BCUT2D eigenvalue weighted by Gasteiger charge is 2.24. The molecule has 2 aromatic heterocycles. The Hall–Kier alpha value is -1.40. The van der Waals surface area contributed by atoms with E-state index in [0.717, 1.165) is 29.1 Å². The highest BCUT2D eigenvalue weighted by molar-refractivity contribution is 7.11. The number of anilines is 1. The number of aryl methyl sites for hydroxylation is 3. The van der Waals surface area contributed by atoms with Gasteiger partial charge in [-0.1, -0.05) is 0 Å². The predicted molar refractivity (Wildman–Crippen MR) is 88.6 cm³/mol. The summed E-state index contributed by atoms with van der Waals surface area (Å²) in [6.07, 6.45) is 3.43. The number of hydrogen-bond donors (Lipinski definition) is 2. The minimum atomic E-state index is -0.129. The maximum absolute atomic E-state index is 12.0. The summed E-state index contributed by atoms with van der Waals surface area (Å²) in [6.45, 7) is 4.71. The monoisotopic (exact) mass is 321 g/mol. The highest BCUT2D eigenvalue weighted by Crippen LogP contribution is 2.34. The molecule has 0 aromatic carbocycles. The van der Waals surface area contributed by atoms with Crippen molar-refractivity contribution in [3.8, 4) is 0 Å². The van der Waals surface area contributed by atoms with Gasteiger partial charge >= 0.3 is 6.03 Å². The van der Waals surface area contributed by atoms with Gasteiger partial charge in [0.2, 0.25) is 0 Å². The molecule has 1 aliphatic rings. The number of nitrogens with zero attached hydrogens (tertiary/aromatic N) is 1. The summed E-state index contributed by atoms with van der Waals surface area (Å²) < 4.78 is 0. The fourth-order valence-electron chi connectivity index (χ4n) is 2.70. The van der Waals surface area contributed by atoms with Gasteiger partial charge in [-0.05, 0) is 44.1 Å². The van der Waals surface area contributed by atoms with Crippen LogP contribution in [0.15, 0.2) is 10.8 Å². The Kier molecular flexibility index (Phi) is 4.26. The van der Waals surface area contributed by atoms with Gasteiger partial charge in [0.05, 0.1) is 16.4 Å². The molecule has 0 unspecified atom stereocenters. The van der Waals surface area contributed by atoms with Crippen molar-refractivity contribution in [1.29, 1.82) is 0 Å². The van der Waals surface area contributed by atoms with Gasteiger partial charge in [-0.25, -0.2) is 9.78 Å². The van der Waals surface area contributed by atoms with Crippen LogP contribution in [0.2, 0.25) is 0 Å². The molecule has 0 bridgehead atoms. The number of urea groups is 1. The Morgan fingerprint density at radius 2 is 2.29 bits per heavy atom. The van der Waals surface area contributed by atoms with Gasteiger partial charge in [-0.3, -0.25) is 0 Å². The van der Waals surface area contributed by atoms with Crippen molar-refractivity contribution >= 4 is 34.4 Å². The van der Waals surface area contributed by atoms with Crippen LogP contribution in [0.1, 0.15) is 39.9 Å². The summed E-state index contributed by atoms with van der Waals surface area (Å²) >= 11 is 3.39. The first-order valence-corrected chi connectivity index (χ1v) is 8.93. The maximum Gasteiger partial charge on any atom is 0.319 e. The van der Waals surface area contributed by atoms with Crippen LogP contribution in [0.3, 0.4) is 0 Å². The minimum Gasteiger partial charge on any atom is -0.337 e. The largest absolute Gasteiger partial charge is 0.337 e. The molecule has 1 atom stereocenters. The number of hydrogen-bond acceptors (Lipinski definition) is 4. The summed E-state index contributed by atoms with van der Waals surface area (Å²) in [5, 5.41) is 11.0. The molecular formula is C15H19N3OS2. The quantitative estimate of drug-likeness (QED) is 0.895. The summed E-state index contributed by atoms with van der Waals surface area (Å²) in [5.74, 6) is 0.355. The Morgan fingerprint density at radius 3 is 3.05 bits per heavy atom. The number of carbonyl (C=O) groups is 1. The van der Waals surface area contributed by atoms with E-state index in [0.29, 0.717) is 12.5 Å². The van der Waals surface area contributed by atoms with E-state index < -0.39 is 0 Å². The maximum atomic E-state index is 12.0. The van der Waals surface area contributed by atoms with Crippen molar-refractivity contribution in [3.63, 3.8) is 0 Å². The van der Waals surface area contributed by atoms with E-state index in [4.69, 9.17) is 0 Å². The second-order valence-electron chi connectivity index (χ2n) is 5.43. The first-order valence-electron chi connectivity index (χ1n) is 7.17. The molecule has 1 aliphatic carbocycles. The average molecular weight is 321 g/mol. The summed E-state index contributed by atoms with van der Waals surface area (Å²) in [7, 11) is 0. The molecule has 6 heteroatoms. The van der Waals surface area contributed by atoms with Crippen LogP contribution in [-0.4, -0.2) is 17.6 Å². The van der Waals surface area contributed by atoms with Crippen molar-refractivity contribution in [3.05, 3.63) is 31.9 Å². The number of rotatable bonds is 3. The zero-order valence-corrected chi connectivity index (χ0v) is 13.9. The van der Waals surface area contributed by atoms with Crippen molar-refractivity contribution in [2.45, 2.75) is 39.0 Å². The van der Waals surface area contributed by atoms with Crippen LogP contribution in [0.4, 0.5) is 10.5 Å². The van der Waals surface area contributed by atoms with E-state index in [-0.39, 0.29) is 6.03 Å². The zero-order chi connectivity index (χ0) is 14.8. The number of thiazole rings is 1. The van der Waals surface area contributed by atoms with E-state index in [9.17, 15) is 4.79 Å². The molecule has 112 valence electrons. The Balaban J connectivity index is 1.58. The number of thiophene rings is 1. The van der Waals surface area contributed by atoms with Crippen LogP contribution >= 0.6 is 22.7 Å². The molecule has 0 fully saturated rings. The van der Waals surface area contributed by atoms with Crippen molar-refractivity contribution in [1.82, 2.24) is 10.3 Å². The smallest absolute Gasteiger partial charge is 0.319 e. The van der Waals surface area contributed by atoms with Gasteiger partial charge in [-0.15, -0.1) is 22.7 Å². The Morgan fingerprint density at radius 1 is 1.43 bits per heavy atom.